The summed E-state index contributed by atoms with van der Waals surface area (Å²) in [6.07, 6.45) is 7.48. The summed E-state index contributed by atoms with van der Waals surface area (Å²) in [4.78, 5) is 15.1. The van der Waals surface area contributed by atoms with E-state index in [1.54, 1.807) is 28.8 Å². The minimum Gasteiger partial charge on any atom is -0.275 e. The van der Waals surface area contributed by atoms with Crippen molar-refractivity contribution in [2.45, 2.75) is 17.7 Å². The summed E-state index contributed by atoms with van der Waals surface area (Å²) in [5, 5.41) is 15.8. The molecule has 0 saturated heterocycles. The van der Waals surface area contributed by atoms with Gasteiger partial charge in [-0.05, 0) is 36.1 Å². The lowest BCUT2D eigenvalue weighted by Gasteiger charge is -2.17. The van der Waals surface area contributed by atoms with Crippen LogP contribution in [0, 0.1) is 5.82 Å². The second-order valence-electron chi connectivity index (χ2n) is 8.58. The monoisotopic (exact) mass is 496 g/mol. The zero-order valence-corrected chi connectivity index (χ0v) is 20.6. The van der Waals surface area contributed by atoms with E-state index in [0.717, 1.165) is 27.0 Å². The molecule has 1 unspecified atom stereocenters. The Morgan fingerprint density at radius 1 is 1.00 bits per heavy atom. The Morgan fingerprint density at radius 3 is 2.58 bits per heavy atom. The van der Waals surface area contributed by atoms with Crippen LogP contribution in [0.1, 0.15) is 24.1 Å². The van der Waals surface area contributed by atoms with Crippen molar-refractivity contribution in [1.29, 1.82) is 0 Å². The lowest BCUT2D eigenvalue weighted by molar-refractivity contribution is 0.603. The number of pyridine rings is 1. The first kappa shape index (κ1) is 22.3. The highest BCUT2D eigenvalue weighted by Gasteiger charge is 2.23. The minimum absolute atomic E-state index is 0.345. The molecule has 0 aliphatic rings. The summed E-state index contributed by atoms with van der Waals surface area (Å²) in [5.74, 6) is -0.748. The van der Waals surface area contributed by atoms with Gasteiger partial charge in [0.1, 0.15) is 5.82 Å². The molecule has 10 heteroatoms. The second-order valence-corrected chi connectivity index (χ2v) is 9.46. The fourth-order valence-corrected chi connectivity index (χ4v) is 4.75. The van der Waals surface area contributed by atoms with Gasteiger partial charge in [0.15, 0.2) is 5.65 Å². The van der Waals surface area contributed by atoms with E-state index in [2.05, 4.69) is 25.5 Å². The number of nitrogens with one attached hydrogen (secondary N) is 1. The largest absolute Gasteiger partial charge is 0.275 e. The predicted molar refractivity (Wildman–Crippen MR) is 138 cm³/mol. The molecule has 0 aliphatic carbocycles. The predicted octanol–water partition coefficient (Wildman–Crippen LogP) is 5.38. The van der Waals surface area contributed by atoms with Crippen LogP contribution in [-0.4, -0.2) is 46.4 Å². The number of fused-ring (bicyclic) bond motifs is 2. The highest BCUT2D eigenvalue weighted by molar-refractivity contribution is 7.98. The Hall–Kier alpha value is -4.18. The third-order valence-electron chi connectivity index (χ3n) is 6.28. The van der Waals surface area contributed by atoms with E-state index in [-0.39, 0.29) is 5.82 Å². The molecule has 4 heterocycles. The summed E-state index contributed by atoms with van der Waals surface area (Å²) >= 11 is 1.66. The van der Waals surface area contributed by atoms with Gasteiger partial charge in [-0.15, -0.1) is 16.9 Å². The smallest absolute Gasteiger partial charge is 0.221 e. The van der Waals surface area contributed by atoms with Gasteiger partial charge < -0.3 is 0 Å². The molecule has 8 nitrogen and oxygen atoms in total. The van der Waals surface area contributed by atoms with Crippen LogP contribution in [0.4, 0.5) is 4.39 Å². The first-order chi connectivity index (χ1) is 17.5. The molecule has 36 heavy (non-hydrogen) atoms. The molecule has 4 aromatic heterocycles. The molecule has 1 atom stereocenters. The van der Waals surface area contributed by atoms with Gasteiger partial charge in [0.25, 0.3) is 0 Å². The van der Waals surface area contributed by atoms with Crippen LogP contribution in [0.15, 0.2) is 66.0 Å². The van der Waals surface area contributed by atoms with E-state index in [9.17, 15) is 0 Å². The number of hydrogen-bond donors (Lipinski definition) is 1. The van der Waals surface area contributed by atoms with Crippen LogP contribution < -0.4 is 0 Å². The molecule has 6 rings (SSSR count). The van der Waals surface area contributed by atoms with Crippen LogP contribution in [0.25, 0.3) is 44.6 Å². The van der Waals surface area contributed by atoms with Crippen LogP contribution in [-0.2, 0) is 7.05 Å². The van der Waals surface area contributed by atoms with Gasteiger partial charge in [0.05, 0.1) is 23.1 Å². The molecule has 6 aromatic rings. The van der Waals surface area contributed by atoms with Gasteiger partial charge in [-0.3, -0.25) is 9.67 Å². The SMILES string of the molecule is CSc1ccc(-c2nc3[nH]nnc3nc2C(C)c2cc3cc(-c4cnn(C)c4)cnc3cc2F)cc1. The third-order valence-corrected chi connectivity index (χ3v) is 7.03. The number of thioether (sulfide) groups is 1. The zero-order chi connectivity index (χ0) is 24.8. The van der Waals surface area contributed by atoms with Gasteiger partial charge in [-0.25, -0.2) is 19.5 Å². The number of rotatable bonds is 5. The molecule has 0 saturated carbocycles. The Kier molecular flexibility index (Phi) is 5.45. The fourth-order valence-electron chi connectivity index (χ4n) is 4.34. The van der Waals surface area contributed by atoms with E-state index < -0.39 is 5.92 Å². The van der Waals surface area contributed by atoms with Crippen molar-refractivity contribution < 1.29 is 4.39 Å². The Bertz CT molecular complexity index is 1720. The summed E-state index contributed by atoms with van der Waals surface area (Å²) in [6, 6.07) is 13.4. The first-order valence-electron chi connectivity index (χ1n) is 11.3. The number of nitrogens with zero attached hydrogens (tertiary/aromatic N) is 7. The minimum atomic E-state index is -0.403. The van der Waals surface area contributed by atoms with Crippen LogP contribution in [0.5, 0.6) is 0 Å². The molecule has 0 spiro atoms. The second kappa shape index (κ2) is 8.80. The average molecular weight is 497 g/mol. The summed E-state index contributed by atoms with van der Waals surface area (Å²) in [5.41, 5.74) is 6.01. The maximum atomic E-state index is 15.4. The van der Waals surface area contributed by atoms with Gasteiger partial charge in [-0.1, -0.05) is 24.3 Å². The van der Waals surface area contributed by atoms with Gasteiger partial charge >= 0.3 is 0 Å². The van der Waals surface area contributed by atoms with Gasteiger partial charge in [-0.2, -0.15) is 5.10 Å². The quantitative estimate of drug-likeness (QED) is 0.320. The normalized spacial score (nSPS) is 12.4. The van der Waals surface area contributed by atoms with Crippen LogP contribution in [0.2, 0.25) is 0 Å². The number of aromatic nitrogens is 8. The highest BCUT2D eigenvalue weighted by Crippen LogP contribution is 2.35. The Labute approximate surface area is 210 Å². The van der Waals surface area contributed by atoms with Crippen molar-refractivity contribution in [1.82, 2.24) is 40.1 Å². The molecule has 0 fully saturated rings. The molecule has 1 N–H and O–H groups in total. The fraction of sp³-hybridized carbons (Fsp3) is 0.154. The lowest BCUT2D eigenvalue weighted by Crippen LogP contribution is -2.07. The van der Waals surface area contributed by atoms with Crippen LogP contribution >= 0.6 is 11.8 Å². The molecule has 0 bridgehead atoms. The number of halogens is 1. The zero-order valence-electron chi connectivity index (χ0n) is 19.8. The molecule has 178 valence electrons. The molecular weight excluding hydrogens is 475 g/mol. The Balaban J connectivity index is 1.49. The van der Waals surface area contributed by atoms with Gasteiger partial charge in [0, 0.05) is 58.4 Å². The average Bonchev–Trinajstić information content (AvgIpc) is 3.55. The van der Waals surface area contributed by atoms with Crippen LogP contribution in [0.3, 0.4) is 0 Å². The first-order valence-corrected chi connectivity index (χ1v) is 12.5. The molecule has 0 radical (unpaired) electrons. The standard InChI is InChI=1S/C26H21FN8S/c1-14(20-9-16-8-17(18-12-29-35(2)13-18)11-28-22(16)10-21(20)27)23-24(15-4-6-19(36-3)7-5-15)31-26-25(30-23)32-34-33-26/h4-14H,1-3H3,(H,30,31,32,33,34). The highest BCUT2D eigenvalue weighted by atomic mass is 32.2. The number of benzene rings is 2. The Morgan fingerprint density at radius 2 is 1.83 bits per heavy atom. The van der Waals surface area contributed by atoms with Crippen molar-refractivity contribution in [2.75, 3.05) is 6.26 Å². The summed E-state index contributed by atoms with van der Waals surface area (Å²) in [7, 11) is 1.87. The topological polar surface area (TPSA) is 98.1 Å². The van der Waals surface area contributed by atoms with Crippen molar-refractivity contribution in [3.05, 3.63) is 78.1 Å². The van der Waals surface area contributed by atoms with E-state index in [0.29, 0.717) is 33.8 Å². The molecule has 0 amide bonds. The molecule has 0 aliphatic heterocycles. The van der Waals surface area contributed by atoms with Crippen molar-refractivity contribution in [3.63, 3.8) is 0 Å². The number of aromatic amines is 1. The third kappa shape index (κ3) is 3.89. The summed E-state index contributed by atoms with van der Waals surface area (Å²) in [6.45, 7) is 1.93. The van der Waals surface area contributed by atoms with Crippen molar-refractivity contribution >= 4 is 34.0 Å². The van der Waals surface area contributed by atoms with Gasteiger partial charge in [0.2, 0.25) is 5.65 Å². The van der Waals surface area contributed by atoms with Crippen molar-refractivity contribution in [2.24, 2.45) is 7.05 Å². The summed E-state index contributed by atoms with van der Waals surface area (Å²) < 4.78 is 17.2. The molecule has 2 aromatic carbocycles. The number of H-pyrrole nitrogens is 1. The number of aryl methyl sites for hydroxylation is 1. The maximum absolute atomic E-state index is 15.4. The van der Waals surface area contributed by atoms with E-state index in [1.807, 2.05) is 62.8 Å². The molecular formula is C26H21FN8S. The van der Waals surface area contributed by atoms with E-state index >= 15 is 4.39 Å². The number of hydrogen-bond acceptors (Lipinski definition) is 7. The van der Waals surface area contributed by atoms with E-state index in [4.69, 9.17) is 9.97 Å². The van der Waals surface area contributed by atoms with E-state index in [1.165, 1.54) is 6.07 Å². The lowest BCUT2D eigenvalue weighted by atomic mass is 9.92. The maximum Gasteiger partial charge on any atom is 0.221 e. The van der Waals surface area contributed by atoms with Crippen molar-refractivity contribution in [3.8, 4) is 22.4 Å².